The lowest BCUT2D eigenvalue weighted by Gasteiger charge is -2.26. The lowest BCUT2D eigenvalue weighted by atomic mass is 9.82. The molecule has 1 fully saturated rings. The third kappa shape index (κ3) is 3.24. The Labute approximate surface area is 176 Å². The molecule has 0 bridgehead atoms. The quantitative estimate of drug-likeness (QED) is 0.590. The average molecular weight is 405 g/mol. The maximum atomic E-state index is 12.6. The maximum absolute atomic E-state index is 12.6. The number of amides is 1. The van der Waals surface area contributed by atoms with Crippen molar-refractivity contribution in [1.29, 1.82) is 0 Å². The molecule has 0 saturated carbocycles. The van der Waals surface area contributed by atoms with Gasteiger partial charge >= 0.3 is 6.09 Å². The van der Waals surface area contributed by atoms with E-state index >= 15 is 0 Å². The molecule has 1 atom stereocenters. The summed E-state index contributed by atoms with van der Waals surface area (Å²) in [5, 5.41) is 6.00. The zero-order chi connectivity index (χ0) is 21.1. The first-order chi connectivity index (χ1) is 14.2. The Bertz CT molecular complexity index is 1140. The van der Waals surface area contributed by atoms with Crippen molar-refractivity contribution in [1.82, 2.24) is 19.7 Å². The largest absolute Gasteiger partial charge is 0.444 e. The second kappa shape index (κ2) is 6.56. The van der Waals surface area contributed by atoms with Crippen LogP contribution in [-0.2, 0) is 16.7 Å². The molecule has 30 heavy (non-hydrogen) atoms. The molecule has 1 saturated heterocycles. The van der Waals surface area contributed by atoms with E-state index in [0.29, 0.717) is 6.54 Å². The van der Waals surface area contributed by atoms with Crippen molar-refractivity contribution < 1.29 is 9.53 Å². The van der Waals surface area contributed by atoms with Crippen LogP contribution in [0.4, 0.5) is 4.79 Å². The van der Waals surface area contributed by atoms with Gasteiger partial charge in [-0.3, -0.25) is 9.67 Å². The predicted octanol–water partition coefficient (Wildman–Crippen LogP) is 4.69. The smallest absolute Gasteiger partial charge is 0.410 e. The zero-order valence-electron chi connectivity index (χ0n) is 18.1. The molecular formula is C24H28N4O2. The van der Waals surface area contributed by atoms with E-state index in [2.05, 4.69) is 46.9 Å². The summed E-state index contributed by atoms with van der Waals surface area (Å²) < 4.78 is 7.71. The molecule has 156 valence electrons. The first-order valence-corrected chi connectivity index (χ1v) is 10.7. The van der Waals surface area contributed by atoms with E-state index in [0.717, 1.165) is 48.1 Å². The molecule has 3 aromatic rings. The van der Waals surface area contributed by atoms with Crippen LogP contribution >= 0.6 is 0 Å². The van der Waals surface area contributed by atoms with Gasteiger partial charge in [-0.1, -0.05) is 12.1 Å². The number of aryl methyl sites for hydroxylation is 2. The van der Waals surface area contributed by atoms with E-state index in [1.54, 1.807) is 0 Å². The summed E-state index contributed by atoms with van der Waals surface area (Å²) in [4.78, 5) is 19.1. The lowest BCUT2D eigenvalue weighted by molar-refractivity contribution is 0.0284. The Morgan fingerprint density at radius 2 is 1.93 bits per heavy atom. The Kier molecular flexibility index (Phi) is 4.17. The molecule has 5 rings (SSSR count). The van der Waals surface area contributed by atoms with E-state index in [1.165, 1.54) is 11.3 Å². The molecule has 4 heterocycles. The number of benzene rings is 1. The molecule has 0 radical (unpaired) electrons. The summed E-state index contributed by atoms with van der Waals surface area (Å²) in [5.41, 5.74) is 4.93. The third-order valence-electron chi connectivity index (χ3n) is 6.27. The molecule has 0 aliphatic carbocycles. The minimum absolute atomic E-state index is 0.0243. The molecule has 6 nitrogen and oxygen atoms in total. The number of hydrogen-bond acceptors (Lipinski definition) is 4. The Morgan fingerprint density at radius 3 is 2.73 bits per heavy atom. The fourth-order valence-electron chi connectivity index (χ4n) is 4.74. The van der Waals surface area contributed by atoms with Crippen LogP contribution in [-0.4, -0.2) is 44.4 Å². The van der Waals surface area contributed by atoms with Crippen molar-refractivity contribution in [2.24, 2.45) is 0 Å². The first-order valence-electron chi connectivity index (χ1n) is 10.7. The number of nitrogens with zero attached hydrogens (tertiary/aromatic N) is 4. The molecule has 2 aliphatic heterocycles. The number of carbonyl (C=O) groups excluding carboxylic acids is 1. The van der Waals surface area contributed by atoms with Crippen LogP contribution in [0.2, 0.25) is 0 Å². The van der Waals surface area contributed by atoms with Gasteiger partial charge in [0.1, 0.15) is 5.60 Å². The van der Waals surface area contributed by atoms with Crippen molar-refractivity contribution in [2.75, 3.05) is 13.1 Å². The van der Waals surface area contributed by atoms with E-state index in [4.69, 9.17) is 9.84 Å². The second-order valence-electron chi connectivity index (χ2n) is 9.74. The number of pyridine rings is 1. The lowest BCUT2D eigenvalue weighted by Crippen LogP contribution is -2.37. The van der Waals surface area contributed by atoms with Crippen molar-refractivity contribution in [3.8, 4) is 11.3 Å². The first kappa shape index (κ1) is 19.1. The molecule has 1 amide bonds. The molecule has 2 aromatic heterocycles. The van der Waals surface area contributed by atoms with Gasteiger partial charge in [-0.15, -0.1) is 0 Å². The molecule has 2 aliphatic rings. The number of carbonyl (C=O) groups is 1. The third-order valence-corrected chi connectivity index (χ3v) is 6.27. The summed E-state index contributed by atoms with van der Waals surface area (Å²) in [6.45, 7) is 10.1. The Hall–Kier alpha value is -2.89. The van der Waals surface area contributed by atoms with Crippen LogP contribution in [0, 0.1) is 6.92 Å². The van der Waals surface area contributed by atoms with Gasteiger partial charge in [0.05, 0.1) is 11.2 Å². The highest BCUT2D eigenvalue weighted by atomic mass is 16.6. The minimum Gasteiger partial charge on any atom is -0.444 e. The Morgan fingerprint density at radius 1 is 1.13 bits per heavy atom. The van der Waals surface area contributed by atoms with Gasteiger partial charge < -0.3 is 9.64 Å². The summed E-state index contributed by atoms with van der Waals surface area (Å²) >= 11 is 0. The number of aromatic nitrogens is 3. The highest BCUT2D eigenvalue weighted by Gasteiger charge is 2.47. The van der Waals surface area contributed by atoms with Gasteiger partial charge in [0.25, 0.3) is 0 Å². The zero-order valence-corrected chi connectivity index (χ0v) is 18.1. The van der Waals surface area contributed by atoms with Crippen LogP contribution in [0.3, 0.4) is 0 Å². The average Bonchev–Trinajstić information content (AvgIpc) is 3.37. The van der Waals surface area contributed by atoms with Crippen LogP contribution in [0.5, 0.6) is 0 Å². The molecule has 1 aromatic carbocycles. The van der Waals surface area contributed by atoms with Crippen LogP contribution in [0.15, 0.2) is 36.5 Å². The van der Waals surface area contributed by atoms with Crippen LogP contribution in [0.25, 0.3) is 22.2 Å². The Balaban J connectivity index is 1.42. The van der Waals surface area contributed by atoms with Crippen molar-refractivity contribution in [3.63, 3.8) is 0 Å². The van der Waals surface area contributed by atoms with Gasteiger partial charge in [0.2, 0.25) is 0 Å². The maximum Gasteiger partial charge on any atom is 0.410 e. The summed E-state index contributed by atoms with van der Waals surface area (Å²) in [6, 6.07) is 10.7. The number of likely N-dealkylation sites (tertiary alicyclic amines) is 1. The van der Waals surface area contributed by atoms with E-state index < -0.39 is 5.60 Å². The summed E-state index contributed by atoms with van der Waals surface area (Å²) in [7, 11) is 0. The summed E-state index contributed by atoms with van der Waals surface area (Å²) in [5.74, 6) is 0. The van der Waals surface area contributed by atoms with Crippen molar-refractivity contribution in [2.45, 2.75) is 58.1 Å². The van der Waals surface area contributed by atoms with Gasteiger partial charge in [0.15, 0.2) is 0 Å². The molecule has 0 N–H and O–H groups in total. The van der Waals surface area contributed by atoms with Crippen LogP contribution < -0.4 is 0 Å². The monoisotopic (exact) mass is 404 g/mol. The number of rotatable bonds is 1. The highest BCUT2D eigenvalue weighted by molar-refractivity contribution is 5.83. The fourth-order valence-corrected chi connectivity index (χ4v) is 4.74. The van der Waals surface area contributed by atoms with Crippen molar-refractivity contribution in [3.05, 3.63) is 47.8 Å². The number of ether oxygens (including phenoxy) is 1. The predicted molar refractivity (Wildman–Crippen MR) is 116 cm³/mol. The van der Waals surface area contributed by atoms with E-state index in [1.807, 2.05) is 31.9 Å². The molecule has 6 heteroatoms. The van der Waals surface area contributed by atoms with Gasteiger partial charge in [-0.25, -0.2) is 4.79 Å². The topological polar surface area (TPSA) is 60.2 Å². The normalized spacial score (nSPS) is 20.9. The summed E-state index contributed by atoms with van der Waals surface area (Å²) in [6.07, 6.45) is 3.66. The fraction of sp³-hybridized carbons (Fsp3) is 0.458. The van der Waals surface area contributed by atoms with Gasteiger partial charge in [0, 0.05) is 47.9 Å². The molecule has 1 spiro atoms. The van der Waals surface area contributed by atoms with Gasteiger partial charge in [-0.2, -0.15) is 5.10 Å². The van der Waals surface area contributed by atoms with Gasteiger partial charge in [-0.05, 0) is 64.3 Å². The SMILES string of the molecule is Cc1ccc2cc(-c3cc4n(n3)CCC43CCN(C(=O)OC(C)(C)C)C3)cnc2c1. The van der Waals surface area contributed by atoms with Crippen LogP contribution in [0.1, 0.15) is 44.9 Å². The second-order valence-corrected chi connectivity index (χ2v) is 9.74. The van der Waals surface area contributed by atoms with Crippen molar-refractivity contribution >= 4 is 17.0 Å². The molecule has 1 unspecified atom stereocenters. The van der Waals surface area contributed by atoms with E-state index in [-0.39, 0.29) is 11.5 Å². The minimum atomic E-state index is -0.473. The van der Waals surface area contributed by atoms with E-state index in [9.17, 15) is 4.79 Å². The molecular weight excluding hydrogens is 376 g/mol. The standard InChI is InChI=1S/C24H28N4O2/c1-16-5-6-17-12-18(14-25-19(17)11-16)20-13-21-24(8-10-28(21)26-20)7-9-27(15-24)22(29)30-23(2,3)4/h5-6,11-14H,7-10,15H2,1-4H3. The number of fused-ring (bicyclic) bond motifs is 3. The number of hydrogen-bond donors (Lipinski definition) is 0. The highest BCUT2D eigenvalue weighted by Crippen LogP contribution is 2.44.